The predicted molar refractivity (Wildman–Crippen MR) is 131 cm³/mol. The summed E-state index contributed by atoms with van der Waals surface area (Å²) < 4.78 is 0. The number of phenolic OH excluding ortho intramolecular Hbond substituents is 2. The number of aromatic hydroxyl groups is 2. The Morgan fingerprint density at radius 2 is 1.68 bits per heavy atom. The van der Waals surface area contributed by atoms with E-state index in [0.717, 1.165) is 22.4 Å². The summed E-state index contributed by atoms with van der Waals surface area (Å²) in [7, 11) is 0. The van der Waals surface area contributed by atoms with Gasteiger partial charge in [-0.3, -0.25) is 4.79 Å². The lowest BCUT2D eigenvalue weighted by atomic mass is 9.90. The highest BCUT2D eigenvalue weighted by atomic mass is 35.5. The molecule has 5 rings (SSSR count). The van der Waals surface area contributed by atoms with Crippen molar-refractivity contribution in [1.29, 1.82) is 0 Å². The van der Waals surface area contributed by atoms with Crippen LogP contribution < -0.4 is 5.32 Å². The Balaban J connectivity index is 1.52. The molecule has 0 fully saturated rings. The van der Waals surface area contributed by atoms with Crippen molar-refractivity contribution < 1.29 is 15.0 Å². The standard InChI is InChI=1S/C27H22ClN3O3/c28-18-8-6-17(7-9-18)15-24(33)31-27-22(14-16-4-2-1-3-5-16)29-25-19-11-13-23(32)26(34)20(19)10-12-21(25)30-27/h1-9,11,13,32,34H,10,12,14-15H2,(H,30,31,33). The summed E-state index contributed by atoms with van der Waals surface area (Å²) >= 11 is 5.95. The van der Waals surface area contributed by atoms with Crippen molar-refractivity contribution >= 4 is 23.3 Å². The van der Waals surface area contributed by atoms with Gasteiger partial charge in [0.25, 0.3) is 0 Å². The zero-order chi connectivity index (χ0) is 23.7. The third-order valence-corrected chi connectivity index (χ3v) is 6.17. The van der Waals surface area contributed by atoms with Gasteiger partial charge in [0.05, 0.1) is 23.5 Å². The average molecular weight is 472 g/mol. The lowest BCUT2D eigenvalue weighted by Crippen LogP contribution is -2.20. The van der Waals surface area contributed by atoms with Crippen LogP contribution in [-0.4, -0.2) is 26.1 Å². The molecule has 0 radical (unpaired) electrons. The molecule has 3 aromatic carbocycles. The Hall–Kier alpha value is -3.90. The molecule has 1 aliphatic rings. The lowest BCUT2D eigenvalue weighted by Gasteiger charge is -2.22. The van der Waals surface area contributed by atoms with E-state index in [0.29, 0.717) is 47.1 Å². The van der Waals surface area contributed by atoms with Gasteiger partial charge in [0.1, 0.15) is 0 Å². The first-order valence-electron chi connectivity index (χ1n) is 11.0. The average Bonchev–Trinajstić information content (AvgIpc) is 2.84. The number of aromatic nitrogens is 2. The second-order valence-electron chi connectivity index (χ2n) is 8.29. The number of benzene rings is 3. The van der Waals surface area contributed by atoms with Crippen LogP contribution in [0.5, 0.6) is 11.5 Å². The maximum absolute atomic E-state index is 12.8. The summed E-state index contributed by atoms with van der Waals surface area (Å²) in [6.07, 6.45) is 1.74. The van der Waals surface area contributed by atoms with E-state index in [4.69, 9.17) is 21.6 Å². The summed E-state index contributed by atoms with van der Waals surface area (Å²) in [4.78, 5) is 22.5. The number of nitrogens with zero attached hydrogens (tertiary/aromatic N) is 2. The van der Waals surface area contributed by atoms with Gasteiger partial charge in [0, 0.05) is 22.6 Å². The van der Waals surface area contributed by atoms with E-state index in [1.54, 1.807) is 18.2 Å². The van der Waals surface area contributed by atoms with E-state index < -0.39 is 0 Å². The number of rotatable bonds is 5. The van der Waals surface area contributed by atoms with Gasteiger partial charge < -0.3 is 15.5 Å². The summed E-state index contributed by atoms with van der Waals surface area (Å²) in [6.45, 7) is 0. The van der Waals surface area contributed by atoms with E-state index in [1.165, 1.54) is 6.07 Å². The van der Waals surface area contributed by atoms with Crippen molar-refractivity contribution in [3.8, 4) is 22.8 Å². The molecule has 7 heteroatoms. The van der Waals surface area contributed by atoms with Crippen LogP contribution in [-0.2, 0) is 30.5 Å². The second kappa shape index (κ2) is 9.15. The molecule has 1 heterocycles. The van der Waals surface area contributed by atoms with Crippen LogP contribution in [0.25, 0.3) is 11.3 Å². The minimum atomic E-state index is -0.190. The number of hydrogen-bond donors (Lipinski definition) is 3. The van der Waals surface area contributed by atoms with Crippen molar-refractivity contribution in [2.45, 2.75) is 25.7 Å². The van der Waals surface area contributed by atoms with Crippen LogP contribution in [0.15, 0.2) is 66.7 Å². The fraction of sp³-hybridized carbons (Fsp3) is 0.148. The topological polar surface area (TPSA) is 95.3 Å². The first-order chi connectivity index (χ1) is 16.5. The Morgan fingerprint density at radius 1 is 0.912 bits per heavy atom. The fourth-order valence-corrected chi connectivity index (χ4v) is 4.34. The highest BCUT2D eigenvalue weighted by Crippen LogP contribution is 2.41. The number of aryl methyl sites for hydroxylation is 1. The monoisotopic (exact) mass is 471 g/mol. The van der Waals surface area contributed by atoms with E-state index in [9.17, 15) is 15.0 Å². The van der Waals surface area contributed by atoms with E-state index in [2.05, 4.69) is 5.32 Å². The number of carbonyl (C=O) groups is 1. The third-order valence-electron chi connectivity index (χ3n) is 5.92. The summed E-state index contributed by atoms with van der Waals surface area (Å²) in [5.74, 6) is -0.0154. The fourth-order valence-electron chi connectivity index (χ4n) is 4.21. The van der Waals surface area contributed by atoms with Crippen molar-refractivity contribution in [3.63, 3.8) is 0 Å². The van der Waals surface area contributed by atoms with Crippen molar-refractivity contribution in [2.75, 3.05) is 5.32 Å². The molecule has 0 atom stereocenters. The Kier molecular flexibility index (Phi) is 5.90. The van der Waals surface area contributed by atoms with Crippen LogP contribution >= 0.6 is 11.6 Å². The van der Waals surface area contributed by atoms with Crippen LogP contribution in [0, 0.1) is 0 Å². The number of phenols is 2. The second-order valence-corrected chi connectivity index (χ2v) is 8.72. The van der Waals surface area contributed by atoms with Crippen molar-refractivity contribution in [3.05, 3.63) is 99.8 Å². The van der Waals surface area contributed by atoms with Crippen LogP contribution in [0.2, 0.25) is 5.02 Å². The van der Waals surface area contributed by atoms with Crippen molar-refractivity contribution in [2.24, 2.45) is 0 Å². The van der Waals surface area contributed by atoms with Crippen LogP contribution in [0.4, 0.5) is 5.82 Å². The quantitative estimate of drug-likeness (QED) is 0.353. The highest BCUT2D eigenvalue weighted by molar-refractivity contribution is 6.30. The Morgan fingerprint density at radius 3 is 2.44 bits per heavy atom. The molecule has 0 spiro atoms. The molecular formula is C27H22ClN3O3. The molecule has 170 valence electrons. The van der Waals surface area contributed by atoms with E-state index in [-0.39, 0.29) is 23.8 Å². The SMILES string of the molecule is O=C(Cc1ccc(Cl)cc1)Nc1nc2c(nc1Cc1ccccc1)-c1ccc(O)c(O)c1CC2. The number of anilines is 1. The number of nitrogens with one attached hydrogen (secondary N) is 1. The molecule has 0 saturated carbocycles. The predicted octanol–water partition coefficient (Wildman–Crippen LogP) is 5.08. The molecule has 1 aliphatic carbocycles. The molecule has 0 aliphatic heterocycles. The Bertz CT molecular complexity index is 1370. The number of amides is 1. The van der Waals surface area contributed by atoms with Gasteiger partial charge >= 0.3 is 0 Å². The molecule has 1 aromatic heterocycles. The van der Waals surface area contributed by atoms with Crippen LogP contribution in [0.3, 0.4) is 0 Å². The first-order valence-corrected chi connectivity index (χ1v) is 11.4. The van der Waals surface area contributed by atoms with Gasteiger partial charge in [-0.25, -0.2) is 9.97 Å². The molecule has 0 saturated heterocycles. The minimum Gasteiger partial charge on any atom is -0.504 e. The molecule has 1 amide bonds. The third kappa shape index (κ3) is 4.45. The first kappa shape index (κ1) is 21.9. The summed E-state index contributed by atoms with van der Waals surface area (Å²) in [5.41, 5.74) is 5.34. The van der Waals surface area contributed by atoms with Gasteiger partial charge in [-0.2, -0.15) is 0 Å². The van der Waals surface area contributed by atoms with E-state index >= 15 is 0 Å². The molecular weight excluding hydrogens is 450 g/mol. The van der Waals surface area contributed by atoms with Gasteiger partial charge in [0.2, 0.25) is 5.91 Å². The smallest absolute Gasteiger partial charge is 0.229 e. The van der Waals surface area contributed by atoms with Gasteiger partial charge in [-0.15, -0.1) is 0 Å². The number of halogens is 1. The molecule has 6 nitrogen and oxygen atoms in total. The van der Waals surface area contributed by atoms with Crippen molar-refractivity contribution in [1.82, 2.24) is 9.97 Å². The van der Waals surface area contributed by atoms with Gasteiger partial charge in [-0.1, -0.05) is 54.1 Å². The van der Waals surface area contributed by atoms with Gasteiger partial charge in [0.15, 0.2) is 17.3 Å². The normalized spacial score (nSPS) is 12.0. The zero-order valence-electron chi connectivity index (χ0n) is 18.3. The molecule has 0 unspecified atom stereocenters. The van der Waals surface area contributed by atoms with Gasteiger partial charge in [-0.05, 0) is 48.2 Å². The minimum absolute atomic E-state index is 0.116. The summed E-state index contributed by atoms with van der Waals surface area (Å²) in [5, 5.41) is 23.8. The number of carbonyl (C=O) groups excluding carboxylic acids is 1. The zero-order valence-corrected chi connectivity index (χ0v) is 19.0. The molecule has 34 heavy (non-hydrogen) atoms. The molecule has 3 N–H and O–H groups in total. The molecule has 0 bridgehead atoms. The summed E-state index contributed by atoms with van der Waals surface area (Å²) in [6, 6.07) is 20.2. The maximum Gasteiger partial charge on any atom is 0.229 e. The lowest BCUT2D eigenvalue weighted by molar-refractivity contribution is -0.115. The maximum atomic E-state index is 12.8. The number of hydrogen-bond acceptors (Lipinski definition) is 5. The molecule has 4 aromatic rings. The highest BCUT2D eigenvalue weighted by Gasteiger charge is 2.25. The number of fused-ring (bicyclic) bond motifs is 3. The van der Waals surface area contributed by atoms with E-state index in [1.807, 2.05) is 42.5 Å². The van der Waals surface area contributed by atoms with Crippen LogP contribution in [0.1, 0.15) is 28.1 Å². The Labute approximate surface area is 201 Å². The largest absolute Gasteiger partial charge is 0.504 e.